The quantitative estimate of drug-likeness (QED) is 0.642. The molecule has 0 aromatic rings. The number of aliphatic hydroxyl groups excluding tert-OH is 1. The van der Waals surface area contributed by atoms with Crippen LogP contribution in [0.2, 0.25) is 0 Å². The van der Waals surface area contributed by atoms with E-state index >= 15 is 0 Å². The summed E-state index contributed by atoms with van der Waals surface area (Å²) in [5.41, 5.74) is 0. The van der Waals surface area contributed by atoms with Crippen LogP contribution in [0.15, 0.2) is 0 Å². The van der Waals surface area contributed by atoms with Gasteiger partial charge in [-0.3, -0.25) is 4.90 Å². The Balaban J connectivity index is 1.85. The first-order valence-electron chi connectivity index (χ1n) is 5.90. The van der Waals surface area contributed by atoms with Crippen molar-refractivity contribution in [2.45, 2.75) is 38.3 Å². The molecule has 0 unspecified atom stereocenters. The fraction of sp³-hybridized carbons (Fsp3) is 1.00. The lowest BCUT2D eigenvalue weighted by Gasteiger charge is -2.41. The van der Waals surface area contributed by atoms with E-state index in [9.17, 15) is 5.11 Å². The summed E-state index contributed by atoms with van der Waals surface area (Å²) >= 11 is 0. The van der Waals surface area contributed by atoms with E-state index in [1.807, 2.05) is 0 Å². The number of aliphatic hydroxyl groups is 1. The Morgan fingerprint density at radius 2 is 1.93 bits per heavy atom. The molecule has 0 aromatic heterocycles. The van der Waals surface area contributed by atoms with Crippen molar-refractivity contribution in [1.29, 1.82) is 0 Å². The number of rotatable bonds is 1. The van der Waals surface area contributed by atoms with Gasteiger partial charge in [0, 0.05) is 19.1 Å². The van der Waals surface area contributed by atoms with Crippen LogP contribution in [0.5, 0.6) is 0 Å². The first-order chi connectivity index (χ1) is 6.77. The molecule has 2 atom stereocenters. The van der Waals surface area contributed by atoms with Crippen molar-refractivity contribution in [1.82, 2.24) is 10.2 Å². The van der Waals surface area contributed by atoms with Crippen molar-refractivity contribution in [3.8, 4) is 0 Å². The largest absolute Gasteiger partial charge is 0.393 e. The van der Waals surface area contributed by atoms with Gasteiger partial charge in [-0.25, -0.2) is 0 Å². The van der Waals surface area contributed by atoms with Crippen molar-refractivity contribution in [3.05, 3.63) is 0 Å². The number of hydrogen-bond acceptors (Lipinski definition) is 3. The minimum Gasteiger partial charge on any atom is -0.393 e. The fourth-order valence-electron chi connectivity index (χ4n) is 2.67. The maximum Gasteiger partial charge on any atom is 0.0590 e. The van der Waals surface area contributed by atoms with Crippen LogP contribution >= 0.6 is 0 Å². The molecule has 2 rings (SSSR count). The van der Waals surface area contributed by atoms with E-state index < -0.39 is 0 Å². The van der Waals surface area contributed by atoms with Crippen molar-refractivity contribution >= 4 is 0 Å². The highest BCUT2D eigenvalue weighted by molar-refractivity contribution is 4.84. The lowest BCUT2D eigenvalue weighted by molar-refractivity contribution is 0.0113. The van der Waals surface area contributed by atoms with Crippen LogP contribution in [0.3, 0.4) is 0 Å². The van der Waals surface area contributed by atoms with Crippen LogP contribution in [0.25, 0.3) is 0 Å². The molecule has 82 valence electrons. The highest BCUT2D eigenvalue weighted by Gasteiger charge is 2.29. The number of hydrogen-bond donors (Lipinski definition) is 2. The van der Waals surface area contributed by atoms with Crippen LogP contribution in [0.1, 0.15) is 26.2 Å². The van der Waals surface area contributed by atoms with Crippen LogP contribution in [-0.4, -0.2) is 48.3 Å². The van der Waals surface area contributed by atoms with E-state index in [0.29, 0.717) is 5.92 Å². The van der Waals surface area contributed by atoms with Crippen LogP contribution in [-0.2, 0) is 0 Å². The van der Waals surface area contributed by atoms with Gasteiger partial charge in [0.05, 0.1) is 6.10 Å². The highest BCUT2D eigenvalue weighted by Crippen LogP contribution is 2.21. The predicted octanol–water partition coefficient (Wildman–Crippen LogP) is 0.441. The Bertz CT molecular complexity index is 180. The second-order valence-electron chi connectivity index (χ2n) is 4.81. The first-order valence-corrected chi connectivity index (χ1v) is 5.90. The molecule has 0 saturated carbocycles. The van der Waals surface area contributed by atoms with E-state index in [4.69, 9.17) is 0 Å². The highest BCUT2D eigenvalue weighted by atomic mass is 16.3. The molecule has 2 aliphatic rings. The van der Waals surface area contributed by atoms with Gasteiger partial charge in [-0.2, -0.15) is 0 Å². The van der Waals surface area contributed by atoms with Gasteiger partial charge in [-0.1, -0.05) is 6.92 Å². The molecule has 2 fully saturated rings. The Hall–Kier alpha value is -0.120. The average Bonchev–Trinajstić information content (AvgIpc) is 2.23. The average molecular weight is 198 g/mol. The lowest BCUT2D eigenvalue weighted by atomic mass is 9.93. The van der Waals surface area contributed by atoms with E-state index in [1.165, 1.54) is 12.8 Å². The number of nitrogens with one attached hydrogen (secondary N) is 1. The molecule has 0 spiro atoms. The molecule has 2 heterocycles. The Morgan fingerprint density at radius 1 is 1.21 bits per heavy atom. The SMILES string of the molecule is C[C@H]1CN(C2CCNCC2)CC[C@H]1O. The standard InChI is InChI=1S/C11H22N2O/c1-9-8-13(7-4-11(9)14)10-2-5-12-6-3-10/h9-12,14H,2-8H2,1H3/t9-,11+/m0/s1. The van der Waals surface area contributed by atoms with Crippen molar-refractivity contribution < 1.29 is 5.11 Å². The molecular formula is C11H22N2O. The van der Waals surface area contributed by atoms with Gasteiger partial charge >= 0.3 is 0 Å². The Kier molecular flexibility index (Phi) is 3.42. The molecule has 14 heavy (non-hydrogen) atoms. The van der Waals surface area contributed by atoms with E-state index in [-0.39, 0.29) is 6.10 Å². The molecule has 2 N–H and O–H groups in total. The number of likely N-dealkylation sites (tertiary alicyclic amines) is 1. The smallest absolute Gasteiger partial charge is 0.0590 e. The third-order valence-corrected chi connectivity index (χ3v) is 3.72. The third-order valence-electron chi connectivity index (χ3n) is 3.72. The second kappa shape index (κ2) is 4.60. The third kappa shape index (κ3) is 2.27. The summed E-state index contributed by atoms with van der Waals surface area (Å²) < 4.78 is 0. The molecule has 0 amide bonds. The zero-order valence-corrected chi connectivity index (χ0v) is 9.08. The number of piperidine rings is 2. The number of nitrogens with zero attached hydrogens (tertiary/aromatic N) is 1. The van der Waals surface area contributed by atoms with E-state index in [1.54, 1.807) is 0 Å². The molecule has 2 aliphatic heterocycles. The molecule has 0 aliphatic carbocycles. The monoisotopic (exact) mass is 198 g/mol. The van der Waals surface area contributed by atoms with Gasteiger partial charge in [0.25, 0.3) is 0 Å². The first kappa shape index (κ1) is 10.4. The minimum atomic E-state index is -0.0621. The second-order valence-corrected chi connectivity index (χ2v) is 4.81. The summed E-state index contributed by atoms with van der Waals surface area (Å²) in [6.45, 7) is 6.68. The van der Waals surface area contributed by atoms with Gasteiger partial charge in [0.2, 0.25) is 0 Å². The molecule has 3 heteroatoms. The van der Waals surface area contributed by atoms with Crippen LogP contribution in [0, 0.1) is 5.92 Å². The zero-order valence-electron chi connectivity index (χ0n) is 9.08. The molecule has 0 radical (unpaired) electrons. The maximum atomic E-state index is 9.65. The Morgan fingerprint density at radius 3 is 2.57 bits per heavy atom. The zero-order chi connectivity index (χ0) is 9.97. The summed E-state index contributed by atoms with van der Waals surface area (Å²) in [7, 11) is 0. The van der Waals surface area contributed by atoms with Crippen LogP contribution < -0.4 is 5.32 Å². The van der Waals surface area contributed by atoms with Crippen molar-refractivity contribution in [2.24, 2.45) is 5.92 Å². The maximum absolute atomic E-state index is 9.65. The Labute approximate surface area is 86.5 Å². The van der Waals surface area contributed by atoms with Crippen LogP contribution in [0.4, 0.5) is 0 Å². The van der Waals surface area contributed by atoms with Gasteiger partial charge in [-0.05, 0) is 38.3 Å². The predicted molar refractivity (Wildman–Crippen MR) is 57.3 cm³/mol. The molecule has 3 nitrogen and oxygen atoms in total. The topological polar surface area (TPSA) is 35.5 Å². The summed E-state index contributed by atoms with van der Waals surface area (Å²) in [6.07, 6.45) is 3.46. The van der Waals surface area contributed by atoms with E-state index in [2.05, 4.69) is 17.1 Å². The molecule has 0 bridgehead atoms. The van der Waals surface area contributed by atoms with Gasteiger partial charge < -0.3 is 10.4 Å². The van der Waals surface area contributed by atoms with Crippen molar-refractivity contribution in [3.63, 3.8) is 0 Å². The van der Waals surface area contributed by atoms with E-state index in [0.717, 1.165) is 38.6 Å². The minimum absolute atomic E-state index is 0.0621. The van der Waals surface area contributed by atoms with Crippen molar-refractivity contribution in [2.75, 3.05) is 26.2 Å². The van der Waals surface area contributed by atoms with Gasteiger partial charge in [0.1, 0.15) is 0 Å². The molecular weight excluding hydrogens is 176 g/mol. The van der Waals surface area contributed by atoms with Gasteiger partial charge in [0.15, 0.2) is 0 Å². The normalized spacial score (nSPS) is 37.3. The summed E-state index contributed by atoms with van der Waals surface area (Å²) in [5.74, 6) is 0.457. The molecule has 2 saturated heterocycles. The molecule has 0 aromatic carbocycles. The lowest BCUT2D eigenvalue weighted by Crippen LogP contribution is -2.50. The summed E-state index contributed by atoms with van der Waals surface area (Å²) in [5, 5.41) is 13.1. The van der Waals surface area contributed by atoms with Gasteiger partial charge in [-0.15, -0.1) is 0 Å². The summed E-state index contributed by atoms with van der Waals surface area (Å²) in [6, 6.07) is 0.770. The summed E-state index contributed by atoms with van der Waals surface area (Å²) in [4.78, 5) is 2.58. The fourth-order valence-corrected chi connectivity index (χ4v) is 2.67.